The van der Waals surface area contributed by atoms with Crippen LogP contribution in [0.25, 0.3) is 0 Å². The first-order valence-electron chi connectivity index (χ1n) is 2.55. The molecule has 0 saturated carbocycles. The van der Waals surface area contributed by atoms with Crippen LogP contribution in [0.2, 0.25) is 0 Å². The van der Waals surface area contributed by atoms with Crippen LogP contribution in [-0.2, 0) is 0 Å². The average molecular weight is 221 g/mol. The maximum atomic E-state index is 10.3. The predicted molar refractivity (Wildman–Crippen MR) is 44.0 cm³/mol. The van der Waals surface area contributed by atoms with Crippen LogP contribution in [0.4, 0.5) is 0 Å². The maximum Gasteiger partial charge on any atom is 0.154 e. The van der Waals surface area contributed by atoms with Gasteiger partial charge in [-0.1, -0.05) is 0 Å². The number of carbonyl (C=O) groups is 1. The SMILES string of the molecule is COc1c(C=O)csc1Br. The monoisotopic (exact) mass is 220 g/mol. The Morgan fingerprint density at radius 1 is 1.80 bits per heavy atom. The zero-order chi connectivity index (χ0) is 7.56. The van der Waals surface area contributed by atoms with Gasteiger partial charge in [0.1, 0.15) is 3.79 Å². The first kappa shape index (κ1) is 7.75. The maximum absolute atomic E-state index is 10.3. The summed E-state index contributed by atoms with van der Waals surface area (Å²) in [5.41, 5.74) is 0.597. The number of halogens is 1. The van der Waals surface area contributed by atoms with Gasteiger partial charge in [-0.3, -0.25) is 4.79 Å². The van der Waals surface area contributed by atoms with Crippen LogP contribution in [0.15, 0.2) is 9.17 Å². The fourth-order valence-corrected chi connectivity index (χ4v) is 1.99. The van der Waals surface area contributed by atoms with Crippen LogP contribution in [0.3, 0.4) is 0 Å². The van der Waals surface area contributed by atoms with Gasteiger partial charge in [0.05, 0.1) is 12.7 Å². The quantitative estimate of drug-likeness (QED) is 0.716. The summed E-state index contributed by atoms with van der Waals surface area (Å²) in [6.07, 6.45) is 0.778. The molecule has 0 radical (unpaired) electrons. The van der Waals surface area contributed by atoms with Crippen LogP contribution < -0.4 is 4.74 Å². The first-order chi connectivity index (χ1) is 4.79. The lowest BCUT2D eigenvalue weighted by atomic mass is 10.3. The smallest absolute Gasteiger partial charge is 0.154 e. The normalized spacial score (nSPS) is 9.40. The van der Waals surface area contributed by atoms with E-state index in [9.17, 15) is 4.79 Å². The third kappa shape index (κ3) is 1.22. The molecule has 0 aromatic carbocycles. The second kappa shape index (κ2) is 3.16. The van der Waals surface area contributed by atoms with E-state index in [2.05, 4.69) is 15.9 Å². The molecule has 0 spiro atoms. The largest absolute Gasteiger partial charge is 0.494 e. The average Bonchev–Trinajstić information content (AvgIpc) is 2.30. The van der Waals surface area contributed by atoms with Crippen LogP contribution in [0.1, 0.15) is 10.4 Å². The fraction of sp³-hybridized carbons (Fsp3) is 0.167. The minimum atomic E-state index is 0.597. The molecule has 0 aliphatic carbocycles. The zero-order valence-electron chi connectivity index (χ0n) is 5.26. The van der Waals surface area contributed by atoms with Crippen LogP contribution in [-0.4, -0.2) is 13.4 Å². The summed E-state index contributed by atoms with van der Waals surface area (Å²) in [6, 6.07) is 0. The molecular weight excluding hydrogens is 216 g/mol. The minimum Gasteiger partial charge on any atom is -0.494 e. The van der Waals surface area contributed by atoms with E-state index >= 15 is 0 Å². The Balaban J connectivity index is 3.12. The van der Waals surface area contributed by atoms with Crippen molar-refractivity contribution in [2.45, 2.75) is 0 Å². The summed E-state index contributed by atoms with van der Waals surface area (Å²) in [7, 11) is 1.54. The first-order valence-corrected chi connectivity index (χ1v) is 4.23. The highest BCUT2D eigenvalue weighted by Crippen LogP contribution is 2.33. The summed E-state index contributed by atoms with van der Waals surface area (Å²) in [5.74, 6) is 0.625. The molecule has 0 aliphatic heterocycles. The van der Waals surface area contributed by atoms with Gasteiger partial charge in [-0.15, -0.1) is 11.3 Å². The molecule has 0 unspecified atom stereocenters. The van der Waals surface area contributed by atoms with Crippen molar-refractivity contribution in [2.75, 3.05) is 7.11 Å². The second-order valence-electron chi connectivity index (χ2n) is 1.62. The van der Waals surface area contributed by atoms with Gasteiger partial charge < -0.3 is 4.74 Å². The molecule has 1 heterocycles. The molecule has 0 fully saturated rings. The molecule has 1 aromatic rings. The number of ether oxygens (including phenoxy) is 1. The molecule has 0 saturated heterocycles. The van der Waals surface area contributed by atoms with Gasteiger partial charge in [-0.05, 0) is 15.9 Å². The highest BCUT2D eigenvalue weighted by Gasteiger charge is 2.07. The standard InChI is InChI=1S/C6H5BrO2S/c1-9-5-4(2-8)3-10-6(5)7/h2-3H,1H3. The van der Waals surface area contributed by atoms with Crippen molar-refractivity contribution in [3.8, 4) is 5.75 Å². The predicted octanol–water partition coefficient (Wildman–Crippen LogP) is 2.33. The number of aldehydes is 1. The highest BCUT2D eigenvalue weighted by atomic mass is 79.9. The van der Waals surface area contributed by atoms with Crippen molar-refractivity contribution in [3.05, 3.63) is 14.7 Å². The van der Waals surface area contributed by atoms with E-state index in [4.69, 9.17) is 4.74 Å². The Morgan fingerprint density at radius 2 is 2.50 bits per heavy atom. The minimum absolute atomic E-state index is 0.597. The number of rotatable bonds is 2. The van der Waals surface area contributed by atoms with E-state index < -0.39 is 0 Å². The van der Waals surface area contributed by atoms with Gasteiger partial charge in [-0.2, -0.15) is 0 Å². The Labute approximate surface area is 70.9 Å². The third-order valence-electron chi connectivity index (χ3n) is 1.06. The molecule has 1 aromatic heterocycles. The molecule has 10 heavy (non-hydrogen) atoms. The van der Waals surface area contributed by atoms with E-state index in [-0.39, 0.29) is 0 Å². The summed E-state index contributed by atoms with van der Waals surface area (Å²) >= 11 is 4.69. The Morgan fingerprint density at radius 3 is 2.90 bits per heavy atom. The highest BCUT2D eigenvalue weighted by molar-refractivity contribution is 9.11. The number of hydrogen-bond donors (Lipinski definition) is 0. The van der Waals surface area contributed by atoms with Crippen molar-refractivity contribution < 1.29 is 9.53 Å². The molecule has 0 N–H and O–H groups in total. The van der Waals surface area contributed by atoms with E-state index in [1.165, 1.54) is 11.3 Å². The summed E-state index contributed by atoms with van der Waals surface area (Å²) in [4.78, 5) is 10.3. The van der Waals surface area contributed by atoms with Gasteiger partial charge in [-0.25, -0.2) is 0 Å². The molecule has 1 rings (SSSR count). The molecule has 2 nitrogen and oxygen atoms in total. The number of carbonyl (C=O) groups excluding carboxylic acids is 1. The molecule has 0 atom stereocenters. The van der Waals surface area contributed by atoms with Crippen molar-refractivity contribution in [2.24, 2.45) is 0 Å². The molecule has 0 bridgehead atoms. The van der Waals surface area contributed by atoms with E-state index in [1.807, 2.05) is 0 Å². The lowest BCUT2D eigenvalue weighted by Crippen LogP contribution is -1.84. The number of thiophene rings is 1. The van der Waals surface area contributed by atoms with Gasteiger partial charge in [0.2, 0.25) is 0 Å². The van der Waals surface area contributed by atoms with Gasteiger partial charge in [0.15, 0.2) is 12.0 Å². The lowest BCUT2D eigenvalue weighted by Gasteiger charge is -1.95. The van der Waals surface area contributed by atoms with E-state index in [0.29, 0.717) is 11.3 Å². The Hall–Kier alpha value is -0.350. The van der Waals surface area contributed by atoms with Crippen molar-refractivity contribution >= 4 is 33.6 Å². The topological polar surface area (TPSA) is 26.3 Å². The van der Waals surface area contributed by atoms with Gasteiger partial charge in [0.25, 0.3) is 0 Å². The molecule has 0 amide bonds. The fourth-order valence-electron chi connectivity index (χ4n) is 0.615. The summed E-state index contributed by atoms with van der Waals surface area (Å²) in [5, 5.41) is 1.75. The molecule has 4 heteroatoms. The van der Waals surface area contributed by atoms with E-state index in [0.717, 1.165) is 10.1 Å². The third-order valence-corrected chi connectivity index (χ3v) is 2.75. The molecule has 54 valence electrons. The van der Waals surface area contributed by atoms with Gasteiger partial charge in [0, 0.05) is 5.38 Å². The lowest BCUT2D eigenvalue weighted by molar-refractivity contribution is 0.112. The van der Waals surface area contributed by atoms with Crippen molar-refractivity contribution in [1.82, 2.24) is 0 Å². The van der Waals surface area contributed by atoms with Crippen LogP contribution in [0.5, 0.6) is 5.75 Å². The summed E-state index contributed by atoms with van der Waals surface area (Å²) in [6.45, 7) is 0. The molecular formula is C6H5BrO2S. The zero-order valence-corrected chi connectivity index (χ0v) is 7.66. The molecule has 0 aliphatic rings. The Bertz CT molecular complexity index is 244. The summed E-state index contributed by atoms with van der Waals surface area (Å²) < 4.78 is 5.80. The second-order valence-corrected chi connectivity index (χ2v) is 3.81. The van der Waals surface area contributed by atoms with Crippen LogP contribution in [0, 0.1) is 0 Å². The number of hydrogen-bond acceptors (Lipinski definition) is 3. The van der Waals surface area contributed by atoms with Crippen LogP contribution >= 0.6 is 27.3 Å². The van der Waals surface area contributed by atoms with E-state index in [1.54, 1.807) is 12.5 Å². The van der Waals surface area contributed by atoms with Gasteiger partial charge >= 0.3 is 0 Å². The Kier molecular flexibility index (Phi) is 2.45. The number of methoxy groups -OCH3 is 1. The van der Waals surface area contributed by atoms with Crippen molar-refractivity contribution in [3.63, 3.8) is 0 Å². The van der Waals surface area contributed by atoms with Crippen molar-refractivity contribution in [1.29, 1.82) is 0 Å².